The fraction of sp³-hybridized carbons (Fsp3) is 0.538. The van der Waals surface area contributed by atoms with E-state index < -0.39 is 0 Å². The van der Waals surface area contributed by atoms with Crippen LogP contribution >= 0.6 is 15.9 Å². The second-order valence-electron chi connectivity index (χ2n) is 4.47. The van der Waals surface area contributed by atoms with Gasteiger partial charge >= 0.3 is 0 Å². The van der Waals surface area contributed by atoms with Gasteiger partial charge in [-0.15, -0.1) is 0 Å². The molecule has 1 fully saturated rings. The maximum atomic E-state index is 13.6. The molecule has 1 atom stereocenters. The highest BCUT2D eigenvalue weighted by Gasteiger charge is 2.25. The average molecular weight is 289 g/mol. The van der Waals surface area contributed by atoms with Gasteiger partial charge in [0.15, 0.2) is 0 Å². The Bertz CT molecular complexity index is 359. The predicted octanol–water partition coefficient (Wildman–Crippen LogP) is 4.98. The summed E-state index contributed by atoms with van der Waals surface area (Å²) >= 11 is 3.53. The summed E-state index contributed by atoms with van der Waals surface area (Å²) in [5.74, 6) is -0.240. The van der Waals surface area contributed by atoms with Crippen LogP contribution in [-0.4, -0.2) is 0 Å². The summed E-state index contributed by atoms with van der Waals surface area (Å²) < 4.78 is 26.7. The highest BCUT2D eigenvalue weighted by molar-refractivity contribution is 9.09. The van der Waals surface area contributed by atoms with Crippen LogP contribution in [0.15, 0.2) is 18.2 Å². The van der Waals surface area contributed by atoms with Crippen molar-refractivity contribution in [1.29, 1.82) is 0 Å². The Morgan fingerprint density at radius 1 is 1.12 bits per heavy atom. The highest BCUT2D eigenvalue weighted by atomic mass is 79.9. The Balaban J connectivity index is 2.18. The summed E-state index contributed by atoms with van der Waals surface area (Å²) in [7, 11) is 0. The third kappa shape index (κ3) is 2.62. The molecule has 0 spiro atoms. The van der Waals surface area contributed by atoms with Crippen LogP contribution in [0.1, 0.15) is 42.5 Å². The molecule has 3 heteroatoms. The maximum absolute atomic E-state index is 13.6. The van der Waals surface area contributed by atoms with Crippen molar-refractivity contribution in [2.75, 3.05) is 0 Å². The Kier molecular flexibility index (Phi) is 3.95. The quantitative estimate of drug-likeness (QED) is 0.673. The van der Waals surface area contributed by atoms with Crippen LogP contribution in [0, 0.1) is 17.6 Å². The molecule has 0 radical (unpaired) electrons. The van der Waals surface area contributed by atoms with Crippen LogP contribution in [0.2, 0.25) is 0 Å². The van der Waals surface area contributed by atoms with Crippen LogP contribution in [0.25, 0.3) is 0 Å². The number of alkyl halides is 1. The second kappa shape index (κ2) is 5.26. The molecule has 0 heterocycles. The molecule has 1 aliphatic carbocycles. The van der Waals surface area contributed by atoms with E-state index in [1.807, 2.05) is 0 Å². The summed E-state index contributed by atoms with van der Waals surface area (Å²) in [5, 5.41) is 0. The van der Waals surface area contributed by atoms with E-state index in [0.717, 1.165) is 12.8 Å². The van der Waals surface area contributed by atoms with Crippen LogP contribution in [-0.2, 0) is 0 Å². The van der Waals surface area contributed by atoms with Crippen LogP contribution < -0.4 is 0 Å². The summed E-state index contributed by atoms with van der Waals surface area (Å²) in [4.78, 5) is -0.0523. The molecule has 0 amide bonds. The fourth-order valence-electron chi connectivity index (χ4n) is 2.41. The summed E-state index contributed by atoms with van der Waals surface area (Å²) in [6.07, 6.45) is 5.87. The molecule has 1 aromatic carbocycles. The minimum Gasteiger partial charge on any atom is -0.207 e. The van der Waals surface area contributed by atoms with E-state index in [4.69, 9.17) is 0 Å². The molecule has 1 unspecified atom stereocenters. The van der Waals surface area contributed by atoms with Gasteiger partial charge in [-0.1, -0.05) is 35.2 Å². The fourth-order valence-corrected chi connectivity index (χ4v) is 3.29. The van der Waals surface area contributed by atoms with Crippen LogP contribution in [0.5, 0.6) is 0 Å². The lowest BCUT2D eigenvalue weighted by Gasteiger charge is -2.26. The van der Waals surface area contributed by atoms with Crippen molar-refractivity contribution < 1.29 is 8.78 Å². The smallest absolute Gasteiger partial charge is 0.127 e. The van der Waals surface area contributed by atoms with Crippen molar-refractivity contribution in [3.05, 3.63) is 35.4 Å². The van der Waals surface area contributed by atoms with Gasteiger partial charge in [-0.3, -0.25) is 0 Å². The molecule has 1 aliphatic rings. The highest BCUT2D eigenvalue weighted by Crippen LogP contribution is 2.40. The lowest BCUT2D eigenvalue weighted by Crippen LogP contribution is -2.13. The topological polar surface area (TPSA) is 0 Å². The van der Waals surface area contributed by atoms with E-state index in [1.54, 1.807) is 0 Å². The Morgan fingerprint density at radius 2 is 1.81 bits per heavy atom. The zero-order chi connectivity index (χ0) is 11.5. The van der Waals surface area contributed by atoms with Gasteiger partial charge in [0.1, 0.15) is 11.6 Å². The normalized spacial score (nSPS) is 19.7. The first-order valence-electron chi connectivity index (χ1n) is 5.77. The molecule has 2 rings (SSSR count). The van der Waals surface area contributed by atoms with E-state index in [1.165, 1.54) is 37.5 Å². The molecule has 0 bridgehead atoms. The van der Waals surface area contributed by atoms with Gasteiger partial charge in [0, 0.05) is 10.4 Å². The summed E-state index contributed by atoms with van der Waals surface area (Å²) in [6.45, 7) is 0. The van der Waals surface area contributed by atoms with Gasteiger partial charge in [-0.2, -0.15) is 0 Å². The van der Waals surface area contributed by atoms with Crippen LogP contribution in [0.3, 0.4) is 0 Å². The van der Waals surface area contributed by atoms with Crippen molar-refractivity contribution >= 4 is 15.9 Å². The first-order chi connectivity index (χ1) is 7.68. The number of halogens is 3. The molecule has 1 aromatic rings. The van der Waals surface area contributed by atoms with E-state index in [2.05, 4.69) is 15.9 Å². The largest absolute Gasteiger partial charge is 0.207 e. The van der Waals surface area contributed by atoms with E-state index in [0.29, 0.717) is 11.5 Å². The molecule has 88 valence electrons. The third-order valence-electron chi connectivity index (χ3n) is 3.32. The lowest BCUT2D eigenvalue weighted by molar-refractivity contribution is 0.350. The second-order valence-corrected chi connectivity index (χ2v) is 5.45. The van der Waals surface area contributed by atoms with Crippen molar-refractivity contribution in [3.63, 3.8) is 0 Å². The number of hydrogen-bond acceptors (Lipinski definition) is 0. The van der Waals surface area contributed by atoms with Gasteiger partial charge in [0.2, 0.25) is 0 Å². The number of rotatable bonds is 2. The Labute approximate surface area is 103 Å². The van der Waals surface area contributed by atoms with Gasteiger partial charge in [-0.25, -0.2) is 8.78 Å². The first kappa shape index (κ1) is 12.0. The monoisotopic (exact) mass is 288 g/mol. The molecule has 0 aromatic heterocycles. The predicted molar refractivity (Wildman–Crippen MR) is 64.6 cm³/mol. The molecular weight excluding hydrogens is 274 g/mol. The molecule has 0 aliphatic heterocycles. The van der Waals surface area contributed by atoms with Crippen molar-refractivity contribution in [2.24, 2.45) is 5.92 Å². The number of hydrogen-bond donors (Lipinski definition) is 0. The zero-order valence-electron chi connectivity index (χ0n) is 9.06. The molecule has 1 saturated carbocycles. The van der Waals surface area contributed by atoms with E-state index in [-0.39, 0.29) is 16.5 Å². The standard InChI is InChI=1S/C13H15BrF2/c14-13(9-4-2-1-3-5-9)11-8-10(15)6-7-12(11)16/h6-9,13H,1-5H2. The Morgan fingerprint density at radius 3 is 2.50 bits per heavy atom. The average Bonchev–Trinajstić information content (AvgIpc) is 2.32. The number of benzene rings is 1. The molecule has 0 N–H and O–H groups in total. The Hall–Kier alpha value is -0.440. The SMILES string of the molecule is Fc1ccc(F)c(C(Br)C2CCCCC2)c1. The van der Waals surface area contributed by atoms with Crippen molar-refractivity contribution in [3.8, 4) is 0 Å². The van der Waals surface area contributed by atoms with Gasteiger partial charge < -0.3 is 0 Å². The molecular formula is C13H15BrF2. The lowest BCUT2D eigenvalue weighted by atomic mass is 9.84. The van der Waals surface area contributed by atoms with Gasteiger partial charge in [0.05, 0.1) is 0 Å². The van der Waals surface area contributed by atoms with Gasteiger partial charge in [-0.05, 0) is 37.0 Å². The minimum atomic E-state index is -0.364. The van der Waals surface area contributed by atoms with Gasteiger partial charge in [0.25, 0.3) is 0 Å². The summed E-state index contributed by atoms with van der Waals surface area (Å²) in [6, 6.07) is 3.69. The van der Waals surface area contributed by atoms with Crippen molar-refractivity contribution in [2.45, 2.75) is 36.9 Å². The molecule has 16 heavy (non-hydrogen) atoms. The zero-order valence-corrected chi connectivity index (χ0v) is 10.6. The minimum absolute atomic E-state index is 0.0523. The van der Waals surface area contributed by atoms with E-state index in [9.17, 15) is 8.78 Å². The maximum Gasteiger partial charge on any atom is 0.127 e. The molecule has 0 saturated heterocycles. The third-order valence-corrected chi connectivity index (χ3v) is 4.56. The van der Waals surface area contributed by atoms with Crippen LogP contribution in [0.4, 0.5) is 8.78 Å². The molecule has 0 nitrogen and oxygen atoms in total. The first-order valence-corrected chi connectivity index (χ1v) is 6.69. The van der Waals surface area contributed by atoms with Crippen molar-refractivity contribution in [1.82, 2.24) is 0 Å². The van der Waals surface area contributed by atoms with E-state index >= 15 is 0 Å². The summed E-state index contributed by atoms with van der Waals surface area (Å²) in [5.41, 5.74) is 0.465.